The number of ether oxygens (including phenoxy) is 2. The van der Waals surface area contributed by atoms with Crippen molar-refractivity contribution in [3.8, 4) is 11.5 Å². The highest BCUT2D eigenvalue weighted by Gasteiger charge is 2.25. The van der Waals surface area contributed by atoms with Gasteiger partial charge in [-0.2, -0.15) is 0 Å². The molecule has 1 fully saturated rings. The van der Waals surface area contributed by atoms with E-state index in [2.05, 4.69) is 5.32 Å². The maximum absolute atomic E-state index is 12.8. The third kappa shape index (κ3) is 6.15. The van der Waals surface area contributed by atoms with Gasteiger partial charge < -0.3 is 19.7 Å². The number of carbonyl (C=O) groups is 4. The molecule has 1 heterocycles. The molecule has 2 aromatic rings. The maximum Gasteiger partial charge on any atom is 0.308 e. The van der Waals surface area contributed by atoms with Crippen LogP contribution in [0.25, 0.3) is 0 Å². The van der Waals surface area contributed by atoms with E-state index < -0.39 is 11.9 Å². The van der Waals surface area contributed by atoms with Crippen LogP contribution in [0.4, 0.5) is 0 Å². The Morgan fingerprint density at radius 1 is 0.839 bits per heavy atom. The molecule has 0 unspecified atom stereocenters. The van der Waals surface area contributed by atoms with Crippen molar-refractivity contribution in [2.24, 2.45) is 0 Å². The van der Waals surface area contributed by atoms with E-state index in [1.807, 2.05) is 0 Å². The van der Waals surface area contributed by atoms with Crippen LogP contribution in [-0.4, -0.2) is 47.8 Å². The molecular weight excluding hydrogens is 400 g/mol. The Balaban J connectivity index is 1.55. The average molecular weight is 424 g/mol. The molecule has 0 atom stereocenters. The summed E-state index contributed by atoms with van der Waals surface area (Å²) in [7, 11) is 0. The number of nitrogens with zero attached hydrogens (tertiary/aromatic N) is 1. The van der Waals surface area contributed by atoms with Crippen LogP contribution < -0.4 is 14.8 Å². The lowest BCUT2D eigenvalue weighted by atomic mass is 10.0. The molecule has 3 rings (SSSR count). The summed E-state index contributed by atoms with van der Waals surface area (Å²) in [6.45, 7) is 3.60. The molecule has 0 saturated carbocycles. The summed E-state index contributed by atoms with van der Waals surface area (Å²) in [6, 6.07) is 12.9. The zero-order valence-electron chi connectivity index (χ0n) is 17.4. The second kappa shape index (κ2) is 9.88. The number of amides is 2. The Bertz CT molecular complexity index is 995. The van der Waals surface area contributed by atoms with Gasteiger partial charge in [0.25, 0.3) is 11.8 Å². The summed E-state index contributed by atoms with van der Waals surface area (Å²) in [5.74, 6) is -0.652. The molecule has 0 aromatic heterocycles. The topological polar surface area (TPSA) is 102 Å². The molecule has 0 radical (unpaired) electrons. The molecule has 0 spiro atoms. The Kier molecular flexibility index (Phi) is 7.02. The van der Waals surface area contributed by atoms with Crippen LogP contribution in [0.5, 0.6) is 11.5 Å². The van der Waals surface area contributed by atoms with Gasteiger partial charge in [-0.3, -0.25) is 19.2 Å². The van der Waals surface area contributed by atoms with Crippen molar-refractivity contribution in [3.05, 3.63) is 59.7 Å². The average Bonchev–Trinajstić information content (AvgIpc) is 2.73. The lowest BCUT2D eigenvalue weighted by Gasteiger charge is -2.32. The van der Waals surface area contributed by atoms with E-state index in [9.17, 15) is 19.2 Å². The van der Waals surface area contributed by atoms with Gasteiger partial charge in [0.15, 0.2) is 0 Å². The molecule has 8 nitrogen and oxygen atoms in total. The zero-order valence-corrected chi connectivity index (χ0v) is 17.4. The Morgan fingerprint density at radius 2 is 1.35 bits per heavy atom. The van der Waals surface area contributed by atoms with E-state index in [1.54, 1.807) is 47.4 Å². The van der Waals surface area contributed by atoms with E-state index in [0.717, 1.165) is 0 Å². The number of likely N-dealkylation sites (tertiary alicyclic amines) is 1. The molecule has 31 heavy (non-hydrogen) atoms. The number of hydrogen-bond donors (Lipinski definition) is 1. The molecule has 8 heteroatoms. The number of rotatable bonds is 5. The lowest BCUT2D eigenvalue weighted by Crippen LogP contribution is -2.46. The summed E-state index contributed by atoms with van der Waals surface area (Å²) in [6.07, 6.45) is 1.23. The summed E-state index contributed by atoms with van der Waals surface area (Å²) in [5, 5.41) is 2.97. The van der Waals surface area contributed by atoms with Crippen LogP contribution in [0.15, 0.2) is 48.5 Å². The van der Waals surface area contributed by atoms with E-state index in [1.165, 1.54) is 19.9 Å². The van der Waals surface area contributed by atoms with Crippen LogP contribution in [0.3, 0.4) is 0 Å². The summed E-state index contributed by atoms with van der Waals surface area (Å²) in [5.41, 5.74) is 0.850. The number of esters is 2. The van der Waals surface area contributed by atoms with Crippen LogP contribution in [0.2, 0.25) is 0 Å². The molecule has 1 N–H and O–H groups in total. The third-order valence-corrected chi connectivity index (χ3v) is 4.82. The fourth-order valence-electron chi connectivity index (χ4n) is 3.40. The number of benzene rings is 2. The molecule has 1 aliphatic rings. The van der Waals surface area contributed by atoms with Gasteiger partial charge in [-0.25, -0.2) is 0 Å². The molecule has 1 aliphatic heterocycles. The minimum atomic E-state index is -0.451. The Hall–Kier alpha value is -3.68. The summed E-state index contributed by atoms with van der Waals surface area (Å²) in [4.78, 5) is 49.2. The second-order valence-corrected chi connectivity index (χ2v) is 7.28. The van der Waals surface area contributed by atoms with E-state index in [-0.39, 0.29) is 17.9 Å². The van der Waals surface area contributed by atoms with Crippen LogP contribution >= 0.6 is 0 Å². The quantitative estimate of drug-likeness (QED) is 0.585. The first kappa shape index (κ1) is 22.0. The van der Waals surface area contributed by atoms with Crippen LogP contribution in [0, 0.1) is 0 Å². The minimum absolute atomic E-state index is 0.0682. The minimum Gasteiger partial charge on any atom is -0.427 e. The highest BCUT2D eigenvalue weighted by Crippen LogP contribution is 2.19. The fraction of sp³-hybridized carbons (Fsp3) is 0.304. The molecule has 162 valence electrons. The first-order chi connectivity index (χ1) is 14.8. The molecule has 2 amide bonds. The van der Waals surface area contributed by atoms with E-state index in [4.69, 9.17) is 9.47 Å². The monoisotopic (exact) mass is 424 g/mol. The van der Waals surface area contributed by atoms with Gasteiger partial charge in [-0.1, -0.05) is 12.1 Å². The van der Waals surface area contributed by atoms with Crippen molar-refractivity contribution >= 4 is 23.8 Å². The zero-order chi connectivity index (χ0) is 22.4. The van der Waals surface area contributed by atoms with Crippen molar-refractivity contribution < 1.29 is 28.7 Å². The number of piperidine rings is 1. The van der Waals surface area contributed by atoms with Crippen LogP contribution in [-0.2, 0) is 9.59 Å². The van der Waals surface area contributed by atoms with Crippen molar-refractivity contribution in [2.75, 3.05) is 13.1 Å². The standard InChI is InChI=1S/C23H24N2O6/c1-15(26)30-20-7-3-5-17(13-20)22(28)24-19-9-11-25(12-10-19)23(29)18-6-4-8-21(14-18)31-16(2)27/h3-8,13-14,19H,9-12H2,1-2H3,(H,24,28). The smallest absolute Gasteiger partial charge is 0.308 e. The van der Waals surface area contributed by atoms with Crippen molar-refractivity contribution in [1.82, 2.24) is 10.2 Å². The van der Waals surface area contributed by atoms with Gasteiger partial charge in [-0.05, 0) is 49.2 Å². The molecular formula is C23H24N2O6. The largest absolute Gasteiger partial charge is 0.427 e. The van der Waals surface area contributed by atoms with Crippen LogP contribution in [0.1, 0.15) is 47.4 Å². The van der Waals surface area contributed by atoms with Crippen molar-refractivity contribution in [1.29, 1.82) is 0 Å². The number of hydrogen-bond acceptors (Lipinski definition) is 6. The van der Waals surface area contributed by atoms with E-state index >= 15 is 0 Å². The number of carbonyl (C=O) groups excluding carboxylic acids is 4. The van der Waals surface area contributed by atoms with Gasteiger partial charge in [-0.15, -0.1) is 0 Å². The van der Waals surface area contributed by atoms with Crippen molar-refractivity contribution in [3.63, 3.8) is 0 Å². The molecule has 0 aliphatic carbocycles. The van der Waals surface area contributed by atoms with Gasteiger partial charge in [0.1, 0.15) is 11.5 Å². The van der Waals surface area contributed by atoms with Gasteiger partial charge >= 0.3 is 11.9 Å². The lowest BCUT2D eigenvalue weighted by molar-refractivity contribution is -0.132. The third-order valence-electron chi connectivity index (χ3n) is 4.82. The maximum atomic E-state index is 12.8. The first-order valence-corrected chi connectivity index (χ1v) is 9.99. The summed E-state index contributed by atoms with van der Waals surface area (Å²) < 4.78 is 10.1. The highest BCUT2D eigenvalue weighted by molar-refractivity contribution is 5.95. The predicted molar refractivity (Wildman–Crippen MR) is 112 cm³/mol. The first-order valence-electron chi connectivity index (χ1n) is 9.99. The van der Waals surface area contributed by atoms with Gasteiger partial charge in [0, 0.05) is 44.1 Å². The van der Waals surface area contributed by atoms with Gasteiger partial charge in [0.05, 0.1) is 0 Å². The predicted octanol–water partition coefficient (Wildman–Crippen LogP) is 2.57. The highest BCUT2D eigenvalue weighted by atomic mass is 16.5. The fourth-order valence-corrected chi connectivity index (χ4v) is 3.40. The molecule has 0 bridgehead atoms. The van der Waals surface area contributed by atoms with Gasteiger partial charge in [0.2, 0.25) is 0 Å². The Morgan fingerprint density at radius 3 is 1.90 bits per heavy atom. The summed E-state index contributed by atoms with van der Waals surface area (Å²) >= 11 is 0. The SMILES string of the molecule is CC(=O)Oc1cccc(C(=O)NC2CCN(C(=O)c3cccc(OC(C)=O)c3)CC2)c1. The second-order valence-electron chi connectivity index (χ2n) is 7.28. The molecule has 2 aromatic carbocycles. The molecule has 1 saturated heterocycles. The van der Waals surface area contributed by atoms with E-state index in [0.29, 0.717) is 48.6 Å². The number of nitrogens with one attached hydrogen (secondary N) is 1. The van der Waals surface area contributed by atoms with Crippen molar-refractivity contribution in [2.45, 2.75) is 32.7 Å². The Labute approximate surface area is 180 Å². The normalized spacial score (nSPS) is 13.9.